The highest BCUT2D eigenvalue weighted by Crippen LogP contribution is 2.33. The van der Waals surface area contributed by atoms with Gasteiger partial charge in [0, 0.05) is 24.1 Å². The van der Waals surface area contributed by atoms with Crippen molar-refractivity contribution in [1.29, 1.82) is 0 Å². The van der Waals surface area contributed by atoms with Gasteiger partial charge in [0.05, 0.1) is 9.89 Å². The fraction of sp³-hybridized carbons (Fsp3) is 0.692. The highest BCUT2D eigenvalue weighted by molar-refractivity contribution is 9.11. The van der Waals surface area contributed by atoms with Crippen LogP contribution in [0.5, 0.6) is 0 Å². The minimum Gasteiger partial charge on any atom is -0.378 e. The Bertz CT molecular complexity index is 568. The van der Waals surface area contributed by atoms with Gasteiger partial charge in [-0.3, -0.25) is 0 Å². The van der Waals surface area contributed by atoms with Gasteiger partial charge >= 0.3 is 0 Å². The summed E-state index contributed by atoms with van der Waals surface area (Å²) in [6, 6.07) is 1.72. The van der Waals surface area contributed by atoms with Gasteiger partial charge in [-0.25, -0.2) is 13.1 Å². The van der Waals surface area contributed by atoms with Crippen molar-refractivity contribution in [2.45, 2.75) is 50.3 Å². The molecule has 0 unspecified atom stereocenters. The van der Waals surface area contributed by atoms with E-state index in [-0.39, 0.29) is 12.1 Å². The minimum absolute atomic E-state index is 0.0180. The third-order valence-electron chi connectivity index (χ3n) is 3.36. The molecule has 21 heavy (non-hydrogen) atoms. The summed E-state index contributed by atoms with van der Waals surface area (Å²) in [5, 5.41) is 3.20. The lowest BCUT2D eigenvalue weighted by molar-refractivity contribution is -0.00475. The van der Waals surface area contributed by atoms with E-state index in [4.69, 9.17) is 4.74 Å². The molecule has 0 saturated heterocycles. The number of thiophene rings is 1. The Morgan fingerprint density at radius 3 is 2.76 bits per heavy atom. The van der Waals surface area contributed by atoms with Crippen molar-refractivity contribution in [3.8, 4) is 0 Å². The molecule has 120 valence electrons. The topological polar surface area (TPSA) is 67.4 Å². The molecule has 8 heteroatoms. The van der Waals surface area contributed by atoms with Crippen LogP contribution in [0.3, 0.4) is 0 Å². The molecule has 1 aromatic heterocycles. The monoisotopic (exact) mass is 396 g/mol. The molecule has 0 amide bonds. The maximum absolute atomic E-state index is 12.4. The van der Waals surface area contributed by atoms with Crippen LogP contribution in [0.25, 0.3) is 0 Å². The fourth-order valence-corrected chi connectivity index (χ4v) is 6.15. The van der Waals surface area contributed by atoms with E-state index in [1.54, 1.807) is 6.07 Å². The summed E-state index contributed by atoms with van der Waals surface area (Å²) in [5.41, 5.74) is 0. The van der Waals surface area contributed by atoms with Crippen LogP contribution in [0.15, 0.2) is 14.7 Å². The average molecular weight is 397 g/mol. The quantitative estimate of drug-likeness (QED) is 0.707. The molecule has 0 bridgehead atoms. The lowest BCUT2D eigenvalue weighted by Gasteiger charge is -2.34. The number of rotatable bonds is 8. The van der Waals surface area contributed by atoms with Gasteiger partial charge in [-0.1, -0.05) is 6.92 Å². The molecular formula is C13H21BrN2O3S2. The van der Waals surface area contributed by atoms with E-state index in [1.165, 1.54) is 11.3 Å². The Balaban J connectivity index is 1.98. The molecule has 5 nitrogen and oxygen atoms in total. The first-order valence-electron chi connectivity index (χ1n) is 7.09. The van der Waals surface area contributed by atoms with Crippen molar-refractivity contribution in [2.24, 2.45) is 0 Å². The predicted octanol–water partition coefficient (Wildman–Crippen LogP) is 2.47. The Morgan fingerprint density at radius 2 is 2.14 bits per heavy atom. The van der Waals surface area contributed by atoms with Crippen LogP contribution < -0.4 is 10.0 Å². The Labute approximate surface area is 138 Å². The standard InChI is InChI=1S/C13H21BrN2O3S2/c1-3-15-8-11-7-12(13(14)20-11)21(17,18)16-9-5-10(6-9)19-4-2/h7,9-10,15-16H,3-6,8H2,1-2H3. The van der Waals surface area contributed by atoms with Crippen LogP contribution in [0.1, 0.15) is 31.6 Å². The summed E-state index contributed by atoms with van der Waals surface area (Å²) < 4.78 is 33.7. The second-order valence-electron chi connectivity index (χ2n) is 5.00. The molecule has 0 aromatic carbocycles. The minimum atomic E-state index is -3.46. The molecule has 1 aromatic rings. The third kappa shape index (κ3) is 4.49. The van der Waals surface area contributed by atoms with E-state index in [9.17, 15) is 8.42 Å². The lowest BCUT2D eigenvalue weighted by atomic mass is 9.90. The maximum atomic E-state index is 12.4. The van der Waals surface area contributed by atoms with Crippen LogP contribution in [0.2, 0.25) is 0 Å². The van der Waals surface area contributed by atoms with Gasteiger partial charge in [0.1, 0.15) is 4.90 Å². The van der Waals surface area contributed by atoms with E-state index < -0.39 is 10.0 Å². The number of sulfonamides is 1. The molecule has 1 saturated carbocycles. The fourth-order valence-electron chi connectivity index (χ4n) is 2.23. The molecule has 1 fully saturated rings. The number of hydrogen-bond acceptors (Lipinski definition) is 5. The molecule has 1 aliphatic rings. The van der Waals surface area contributed by atoms with Crippen molar-refractivity contribution in [1.82, 2.24) is 10.0 Å². The van der Waals surface area contributed by atoms with Gasteiger partial charge in [0.15, 0.2) is 0 Å². The SMILES string of the molecule is CCNCc1cc(S(=O)(=O)NC2CC(OCC)C2)c(Br)s1. The zero-order chi connectivity index (χ0) is 15.5. The van der Waals surface area contributed by atoms with Gasteiger partial charge < -0.3 is 10.1 Å². The Kier molecular flexibility index (Phi) is 6.22. The molecule has 1 heterocycles. The highest BCUT2D eigenvalue weighted by atomic mass is 79.9. The van der Waals surface area contributed by atoms with Crippen LogP contribution in [-0.4, -0.2) is 33.7 Å². The molecular weight excluding hydrogens is 376 g/mol. The van der Waals surface area contributed by atoms with Crippen LogP contribution in [0, 0.1) is 0 Å². The molecule has 0 radical (unpaired) electrons. The first-order valence-corrected chi connectivity index (χ1v) is 10.2. The van der Waals surface area contributed by atoms with Crippen molar-refractivity contribution in [3.63, 3.8) is 0 Å². The van der Waals surface area contributed by atoms with Gasteiger partial charge in [-0.05, 0) is 48.3 Å². The number of ether oxygens (including phenoxy) is 1. The zero-order valence-electron chi connectivity index (χ0n) is 12.2. The summed E-state index contributed by atoms with van der Waals surface area (Å²) in [5.74, 6) is 0. The Morgan fingerprint density at radius 1 is 1.43 bits per heavy atom. The molecule has 0 aliphatic heterocycles. The van der Waals surface area contributed by atoms with E-state index in [1.807, 2.05) is 13.8 Å². The molecule has 0 spiro atoms. The second kappa shape index (κ2) is 7.52. The largest absolute Gasteiger partial charge is 0.378 e. The van der Waals surface area contributed by atoms with Crippen molar-refractivity contribution in [3.05, 3.63) is 14.7 Å². The normalized spacial score (nSPS) is 22.2. The van der Waals surface area contributed by atoms with Crippen LogP contribution >= 0.6 is 27.3 Å². The van der Waals surface area contributed by atoms with Gasteiger partial charge in [0.25, 0.3) is 0 Å². The number of hydrogen-bond donors (Lipinski definition) is 2. The summed E-state index contributed by atoms with van der Waals surface area (Å²) in [4.78, 5) is 1.34. The summed E-state index contributed by atoms with van der Waals surface area (Å²) >= 11 is 4.81. The highest BCUT2D eigenvalue weighted by Gasteiger charge is 2.34. The first-order chi connectivity index (χ1) is 9.96. The number of halogens is 1. The molecule has 2 N–H and O–H groups in total. The maximum Gasteiger partial charge on any atom is 0.242 e. The van der Waals surface area contributed by atoms with E-state index in [0.717, 1.165) is 24.3 Å². The smallest absolute Gasteiger partial charge is 0.242 e. The van der Waals surface area contributed by atoms with Crippen molar-refractivity contribution in [2.75, 3.05) is 13.2 Å². The summed E-state index contributed by atoms with van der Waals surface area (Å²) in [6.45, 7) is 6.19. The van der Waals surface area contributed by atoms with Crippen LogP contribution in [-0.2, 0) is 21.3 Å². The predicted molar refractivity (Wildman–Crippen MR) is 88.2 cm³/mol. The molecule has 2 rings (SSSR count). The van der Waals surface area contributed by atoms with E-state index in [0.29, 0.717) is 21.8 Å². The second-order valence-corrected chi connectivity index (χ2v) is 9.14. The molecule has 1 aliphatic carbocycles. The first kappa shape index (κ1) is 17.4. The van der Waals surface area contributed by atoms with Crippen molar-refractivity contribution < 1.29 is 13.2 Å². The van der Waals surface area contributed by atoms with Gasteiger partial charge in [0.2, 0.25) is 10.0 Å². The van der Waals surface area contributed by atoms with E-state index >= 15 is 0 Å². The van der Waals surface area contributed by atoms with Crippen LogP contribution in [0.4, 0.5) is 0 Å². The summed E-state index contributed by atoms with van der Waals surface area (Å²) in [7, 11) is -3.46. The zero-order valence-corrected chi connectivity index (χ0v) is 15.4. The summed E-state index contributed by atoms with van der Waals surface area (Å²) in [6.07, 6.45) is 1.69. The average Bonchev–Trinajstić information content (AvgIpc) is 2.76. The number of nitrogens with one attached hydrogen (secondary N) is 2. The Hall–Kier alpha value is 0.01000. The molecule has 0 atom stereocenters. The van der Waals surface area contributed by atoms with Gasteiger partial charge in [-0.2, -0.15) is 0 Å². The van der Waals surface area contributed by atoms with Gasteiger partial charge in [-0.15, -0.1) is 11.3 Å². The van der Waals surface area contributed by atoms with E-state index in [2.05, 4.69) is 26.0 Å². The lowest BCUT2D eigenvalue weighted by Crippen LogP contribution is -2.47. The third-order valence-corrected chi connectivity index (χ3v) is 7.14. The van der Waals surface area contributed by atoms with Crippen molar-refractivity contribution >= 4 is 37.3 Å².